The molecule has 0 heterocycles. The molecular formula is C17H13NO. The lowest BCUT2D eigenvalue weighted by molar-refractivity contribution is 0.104. The molecule has 0 fully saturated rings. The summed E-state index contributed by atoms with van der Waals surface area (Å²) in [6.07, 6.45) is 3.31. The van der Waals surface area contributed by atoms with Gasteiger partial charge in [0.05, 0.1) is 0 Å². The maximum Gasteiger partial charge on any atom is 0.185 e. The van der Waals surface area contributed by atoms with E-state index in [1.807, 2.05) is 42.5 Å². The molecule has 0 aromatic heterocycles. The Morgan fingerprint density at radius 3 is 2.42 bits per heavy atom. The van der Waals surface area contributed by atoms with Gasteiger partial charge >= 0.3 is 0 Å². The minimum absolute atomic E-state index is 0.0314. The average molecular weight is 247 g/mol. The van der Waals surface area contributed by atoms with Crippen LogP contribution in [0.4, 0.5) is 0 Å². The number of rotatable bonds is 3. The fourth-order valence-corrected chi connectivity index (χ4v) is 1.70. The molecule has 2 N–H and O–H groups in total. The summed E-state index contributed by atoms with van der Waals surface area (Å²) in [6, 6.07) is 19.1. The zero-order valence-corrected chi connectivity index (χ0v) is 10.3. The van der Waals surface area contributed by atoms with E-state index in [4.69, 9.17) is 5.73 Å². The van der Waals surface area contributed by atoms with Gasteiger partial charge in [0.25, 0.3) is 0 Å². The van der Waals surface area contributed by atoms with Crippen molar-refractivity contribution in [2.24, 2.45) is 5.73 Å². The molecule has 0 aliphatic rings. The lowest BCUT2D eigenvalue weighted by Crippen LogP contribution is -1.93. The van der Waals surface area contributed by atoms with E-state index in [1.54, 1.807) is 24.3 Å². The minimum atomic E-state index is -0.0314. The second-order valence-electron chi connectivity index (χ2n) is 3.92. The van der Waals surface area contributed by atoms with Gasteiger partial charge in [-0.15, -0.1) is 0 Å². The van der Waals surface area contributed by atoms with Crippen LogP contribution in [0.25, 0.3) is 6.08 Å². The van der Waals surface area contributed by atoms with Crippen LogP contribution < -0.4 is 5.73 Å². The van der Waals surface area contributed by atoms with Crippen LogP contribution in [-0.2, 0) is 0 Å². The molecule has 0 saturated carbocycles. The van der Waals surface area contributed by atoms with Crippen molar-refractivity contribution in [1.82, 2.24) is 0 Å². The van der Waals surface area contributed by atoms with Crippen molar-refractivity contribution >= 4 is 11.9 Å². The third kappa shape index (κ3) is 3.34. The predicted molar refractivity (Wildman–Crippen MR) is 77.3 cm³/mol. The second kappa shape index (κ2) is 6.23. The molecule has 0 aliphatic carbocycles. The summed E-state index contributed by atoms with van der Waals surface area (Å²) in [5.41, 5.74) is 7.58. The first kappa shape index (κ1) is 12.7. The van der Waals surface area contributed by atoms with Crippen LogP contribution in [0.15, 0.2) is 60.7 Å². The van der Waals surface area contributed by atoms with Crippen LogP contribution >= 0.6 is 0 Å². The van der Waals surface area contributed by atoms with Crippen molar-refractivity contribution in [2.75, 3.05) is 0 Å². The number of hydrogen-bond acceptors (Lipinski definition) is 2. The average Bonchev–Trinajstić information content (AvgIpc) is 2.47. The van der Waals surface area contributed by atoms with Crippen LogP contribution in [0.5, 0.6) is 0 Å². The number of ketones is 1. The highest BCUT2D eigenvalue weighted by Crippen LogP contribution is 2.10. The van der Waals surface area contributed by atoms with Crippen LogP contribution in [0.3, 0.4) is 0 Å². The molecule has 0 radical (unpaired) electrons. The summed E-state index contributed by atoms with van der Waals surface area (Å²) in [5, 5.41) is 0. The lowest BCUT2D eigenvalue weighted by Gasteiger charge is -1.98. The number of carbonyl (C=O) groups is 1. The first-order valence-corrected chi connectivity index (χ1v) is 5.89. The van der Waals surface area contributed by atoms with Crippen LogP contribution in [-0.4, -0.2) is 5.78 Å². The number of carbonyl (C=O) groups excluding carboxylic acids is 1. The molecule has 2 aromatic rings. The van der Waals surface area contributed by atoms with Gasteiger partial charge < -0.3 is 5.73 Å². The van der Waals surface area contributed by atoms with Crippen LogP contribution in [0.2, 0.25) is 0 Å². The standard InChI is InChI=1S/C17H13NO/c18-13-12-15-7-5-4-6-14(15)10-11-17(19)16-8-2-1-3-9-16/h1-11H,18H2/b11-10+. The zero-order valence-electron chi connectivity index (χ0n) is 10.3. The largest absolute Gasteiger partial charge is 0.359 e. The van der Waals surface area contributed by atoms with Crippen molar-refractivity contribution in [2.45, 2.75) is 0 Å². The molecule has 2 heteroatoms. The Bertz CT molecular complexity index is 660. The van der Waals surface area contributed by atoms with Crippen LogP contribution in [0.1, 0.15) is 21.5 Å². The van der Waals surface area contributed by atoms with Crippen molar-refractivity contribution in [3.63, 3.8) is 0 Å². The molecule has 0 unspecified atom stereocenters. The van der Waals surface area contributed by atoms with Gasteiger partial charge in [0.15, 0.2) is 5.78 Å². The smallest absolute Gasteiger partial charge is 0.185 e. The third-order valence-electron chi connectivity index (χ3n) is 2.64. The Balaban J connectivity index is 2.23. The van der Waals surface area contributed by atoms with E-state index >= 15 is 0 Å². The van der Waals surface area contributed by atoms with Crippen molar-refractivity contribution in [1.29, 1.82) is 0 Å². The van der Waals surface area contributed by atoms with E-state index in [0.717, 1.165) is 11.1 Å². The topological polar surface area (TPSA) is 43.1 Å². The van der Waals surface area contributed by atoms with Gasteiger partial charge in [0, 0.05) is 17.2 Å². The van der Waals surface area contributed by atoms with Gasteiger partial charge in [-0.1, -0.05) is 48.5 Å². The Morgan fingerprint density at radius 1 is 1.00 bits per heavy atom. The Morgan fingerprint density at radius 2 is 1.68 bits per heavy atom. The molecule has 0 amide bonds. The zero-order chi connectivity index (χ0) is 13.5. The first-order valence-electron chi connectivity index (χ1n) is 5.89. The SMILES string of the molecule is NC#Cc1ccccc1/C=C/C(=O)c1ccccc1. The van der Waals surface area contributed by atoms with E-state index in [9.17, 15) is 4.79 Å². The third-order valence-corrected chi connectivity index (χ3v) is 2.64. The van der Waals surface area contributed by atoms with Crippen molar-refractivity contribution < 1.29 is 4.79 Å². The summed E-state index contributed by atoms with van der Waals surface area (Å²) < 4.78 is 0. The minimum Gasteiger partial charge on any atom is -0.359 e. The fraction of sp³-hybridized carbons (Fsp3) is 0. The summed E-state index contributed by atoms with van der Waals surface area (Å²) >= 11 is 0. The van der Waals surface area contributed by atoms with E-state index in [0.29, 0.717) is 5.56 Å². The highest BCUT2D eigenvalue weighted by atomic mass is 16.1. The number of allylic oxidation sites excluding steroid dienone is 1. The molecule has 0 bridgehead atoms. The number of benzene rings is 2. The first-order chi connectivity index (χ1) is 9.31. The van der Waals surface area contributed by atoms with Gasteiger partial charge in [-0.25, -0.2) is 0 Å². The van der Waals surface area contributed by atoms with E-state index < -0.39 is 0 Å². The molecule has 2 rings (SSSR count). The lowest BCUT2D eigenvalue weighted by atomic mass is 10.1. The summed E-state index contributed by atoms with van der Waals surface area (Å²) in [7, 11) is 0. The van der Waals surface area contributed by atoms with Crippen molar-refractivity contribution in [3.8, 4) is 12.0 Å². The van der Waals surface area contributed by atoms with Gasteiger partial charge in [0.2, 0.25) is 0 Å². The highest BCUT2D eigenvalue weighted by molar-refractivity contribution is 6.06. The molecule has 0 spiro atoms. The Kier molecular flexibility index (Phi) is 4.15. The highest BCUT2D eigenvalue weighted by Gasteiger charge is 2.00. The van der Waals surface area contributed by atoms with E-state index in [1.165, 1.54) is 0 Å². The fourth-order valence-electron chi connectivity index (χ4n) is 1.70. The van der Waals surface area contributed by atoms with Crippen LogP contribution in [0, 0.1) is 12.0 Å². The molecule has 0 atom stereocenters. The van der Waals surface area contributed by atoms with Gasteiger partial charge in [-0.05, 0) is 29.7 Å². The summed E-state index contributed by atoms with van der Waals surface area (Å²) in [6.45, 7) is 0. The quantitative estimate of drug-likeness (QED) is 0.392. The Labute approximate surface area is 112 Å². The number of nitrogens with two attached hydrogens (primary N) is 1. The molecule has 0 aliphatic heterocycles. The van der Waals surface area contributed by atoms with Crippen molar-refractivity contribution in [3.05, 3.63) is 77.4 Å². The van der Waals surface area contributed by atoms with Gasteiger partial charge in [-0.2, -0.15) is 0 Å². The van der Waals surface area contributed by atoms with Gasteiger partial charge in [0.1, 0.15) is 0 Å². The molecule has 2 aromatic carbocycles. The molecule has 0 saturated heterocycles. The second-order valence-corrected chi connectivity index (χ2v) is 3.92. The molecule has 92 valence electrons. The maximum absolute atomic E-state index is 11.9. The molecule has 2 nitrogen and oxygen atoms in total. The number of hydrogen-bond donors (Lipinski definition) is 1. The van der Waals surface area contributed by atoms with E-state index in [-0.39, 0.29) is 5.78 Å². The predicted octanol–water partition coefficient (Wildman–Crippen LogP) is 2.85. The Hall–Kier alpha value is -2.79. The van der Waals surface area contributed by atoms with Gasteiger partial charge in [-0.3, -0.25) is 4.79 Å². The summed E-state index contributed by atoms with van der Waals surface area (Å²) in [5.74, 6) is 2.77. The monoisotopic (exact) mass is 247 g/mol. The summed E-state index contributed by atoms with van der Waals surface area (Å²) in [4.78, 5) is 11.9. The maximum atomic E-state index is 11.9. The molecular weight excluding hydrogens is 234 g/mol. The molecule has 19 heavy (non-hydrogen) atoms. The normalized spacial score (nSPS) is 9.89. The van der Waals surface area contributed by atoms with E-state index in [2.05, 4.69) is 12.0 Å².